The molecule has 0 aromatic heterocycles. The number of hydrogen-bond donors (Lipinski definition) is 0. The predicted molar refractivity (Wildman–Crippen MR) is 57.9 cm³/mol. The molecule has 2 nitrogen and oxygen atoms in total. The zero-order valence-corrected chi connectivity index (χ0v) is 8.58. The molecule has 2 aliphatic carbocycles. The lowest BCUT2D eigenvalue weighted by molar-refractivity contribution is -0.113. The Kier molecular flexibility index (Phi) is 2.39. The van der Waals surface area contributed by atoms with Crippen molar-refractivity contribution in [2.45, 2.75) is 19.8 Å². The van der Waals surface area contributed by atoms with Crippen molar-refractivity contribution in [2.24, 2.45) is 0 Å². The van der Waals surface area contributed by atoms with Gasteiger partial charge in [-0.25, -0.2) is 0 Å². The summed E-state index contributed by atoms with van der Waals surface area (Å²) >= 11 is 0. The molecule has 0 unspecified atom stereocenters. The minimum absolute atomic E-state index is 0.0688. The third-order valence-electron chi connectivity index (χ3n) is 2.72. The lowest BCUT2D eigenvalue weighted by Crippen LogP contribution is -1.99. The number of Topliss-reactive ketones (excluding diaryl/α,β-unsaturated/α-hetero) is 1. The number of carbonyl (C=O) groups excluding carboxylic acids is 1. The fourth-order valence-electron chi connectivity index (χ4n) is 1.99. The summed E-state index contributed by atoms with van der Waals surface area (Å²) in [5.41, 5.74) is 3.39. The average molecular weight is 197 g/mol. The molecule has 2 aliphatic rings. The van der Waals surface area contributed by atoms with E-state index in [1.165, 1.54) is 0 Å². The Hall–Kier alpha value is -1.88. The highest BCUT2D eigenvalue weighted by atomic mass is 16.1. The molecule has 0 aromatic rings. The fourth-order valence-corrected chi connectivity index (χ4v) is 1.99. The van der Waals surface area contributed by atoms with Crippen LogP contribution in [0.3, 0.4) is 0 Å². The van der Waals surface area contributed by atoms with E-state index < -0.39 is 0 Å². The highest BCUT2D eigenvalue weighted by Crippen LogP contribution is 2.35. The lowest BCUT2D eigenvalue weighted by Gasteiger charge is -2.06. The molecule has 0 aliphatic heterocycles. The molecule has 0 spiro atoms. The second kappa shape index (κ2) is 3.70. The van der Waals surface area contributed by atoms with Crippen molar-refractivity contribution in [2.75, 3.05) is 0 Å². The summed E-state index contributed by atoms with van der Waals surface area (Å²) in [6.07, 6.45) is 9.25. The van der Waals surface area contributed by atoms with E-state index in [0.29, 0.717) is 12.0 Å². The maximum absolute atomic E-state index is 11.4. The van der Waals surface area contributed by atoms with Crippen LogP contribution in [0, 0.1) is 11.3 Å². The van der Waals surface area contributed by atoms with Crippen LogP contribution in [0.4, 0.5) is 0 Å². The van der Waals surface area contributed by atoms with Crippen molar-refractivity contribution in [1.29, 1.82) is 5.26 Å². The Morgan fingerprint density at radius 2 is 2.27 bits per heavy atom. The second-order valence-electron chi connectivity index (χ2n) is 3.67. The summed E-state index contributed by atoms with van der Waals surface area (Å²) in [7, 11) is 0. The van der Waals surface area contributed by atoms with Gasteiger partial charge in [-0.2, -0.15) is 5.26 Å². The number of ketones is 1. The molecule has 2 rings (SSSR count). The largest absolute Gasteiger partial charge is 0.295 e. The topological polar surface area (TPSA) is 40.9 Å². The van der Waals surface area contributed by atoms with Crippen molar-refractivity contribution < 1.29 is 4.79 Å². The summed E-state index contributed by atoms with van der Waals surface area (Å²) in [5, 5.41) is 8.98. The monoisotopic (exact) mass is 197 g/mol. The zero-order chi connectivity index (χ0) is 10.8. The molecule has 0 fully saturated rings. The van der Waals surface area contributed by atoms with E-state index in [-0.39, 0.29) is 5.78 Å². The van der Waals surface area contributed by atoms with Crippen LogP contribution in [-0.2, 0) is 4.79 Å². The van der Waals surface area contributed by atoms with Crippen molar-refractivity contribution >= 4 is 5.78 Å². The SMILES string of the molecule is CC(=O)C1=C(C2=CC=CC2)C(C#N)=CC1. The van der Waals surface area contributed by atoms with Gasteiger partial charge < -0.3 is 0 Å². The van der Waals surface area contributed by atoms with Gasteiger partial charge in [0.05, 0.1) is 11.6 Å². The first-order valence-electron chi connectivity index (χ1n) is 4.95. The van der Waals surface area contributed by atoms with Crippen LogP contribution in [0.1, 0.15) is 19.8 Å². The molecule has 0 N–H and O–H groups in total. The minimum atomic E-state index is 0.0688. The summed E-state index contributed by atoms with van der Waals surface area (Å²) < 4.78 is 0. The molecule has 15 heavy (non-hydrogen) atoms. The summed E-state index contributed by atoms with van der Waals surface area (Å²) in [6, 6.07) is 2.16. The standard InChI is InChI=1S/C13H11NO/c1-9(15)12-7-6-11(8-14)13(12)10-4-2-3-5-10/h2-4,6H,5,7H2,1H3. The summed E-state index contributed by atoms with van der Waals surface area (Å²) in [6.45, 7) is 1.56. The van der Waals surface area contributed by atoms with Crippen molar-refractivity contribution in [3.8, 4) is 6.07 Å². The van der Waals surface area contributed by atoms with Crippen LogP contribution in [-0.4, -0.2) is 5.78 Å². The van der Waals surface area contributed by atoms with Crippen LogP contribution < -0.4 is 0 Å². The first-order valence-corrected chi connectivity index (χ1v) is 4.95. The number of allylic oxidation sites excluding steroid dienone is 8. The maximum Gasteiger partial charge on any atom is 0.156 e. The Labute approximate surface area is 88.9 Å². The van der Waals surface area contributed by atoms with Crippen molar-refractivity contribution in [3.05, 3.63) is 46.6 Å². The predicted octanol–water partition coefficient (Wildman–Crippen LogP) is 2.61. The summed E-state index contributed by atoms with van der Waals surface area (Å²) in [5.74, 6) is 0.0688. The number of carbonyl (C=O) groups is 1. The zero-order valence-electron chi connectivity index (χ0n) is 8.58. The van der Waals surface area contributed by atoms with Crippen LogP contribution in [0.25, 0.3) is 0 Å². The van der Waals surface area contributed by atoms with Crippen molar-refractivity contribution in [3.63, 3.8) is 0 Å². The molecule has 0 heterocycles. The second-order valence-corrected chi connectivity index (χ2v) is 3.67. The molecule has 0 saturated carbocycles. The maximum atomic E-state index is 11.4. The highest BCUT2D eigenvalue weighted by Gasteiger charge is 2.23. The third kappa shape index (κ3) is 1.57. The van der Waals surface area contributed by atoms with Gasteiger partial charge >= 0.3 is 0 Å². The van der Waals surface area contributed by atoms with Crippen LogP contribution in [0.5, 0.6) is 0 Å². The van der Waals surface area contributed by atoms with Gasteiger partial charge in [-0.1, -0.05) is 24.3 Å². The fraction of sp³-hybridized carbons (Fsp3) is 0.231. The van der Waals surface area contributed by atoms with Gasteiger partial charge in [0.25, 0.3) is 0 Å². The molecule has 74 valence electrons. The Morgan fingerprint density at radius 1 is 1.47 bits per heavy atom. The average Bonchev–Trinajstić information content (AvgIpc) is 2.85. The Bertz CT molecular complexity index is 481. The Balaban J connectivity index is 2.46. The number of nitriles is 1. The van der Waals surface area contributed by atoms with E-state index in [4.69, 9.17) is 5.26 Å². The number of nitrogens with zero attached hydrogens (tertiary/aromatic N) is 1. The number of hydrogen-bond acceptors (Lipinski definition) is 2. The molecule has 0 saturated heterocycles. The quantitative estimate of drug-likeness (QED) is 0.682. The summed E-state index contributed by atoms with van der Waals surface area (Å²) in [4.78, 5) is 11.4. The Morgan fingerprint density at radius 3 is 2.80 bits per heavy atom. The molecular weight excluding hydrogens is 186 g/mol. The minimum Gasteiger partial charge on any atom is -0.295 e. The van der Waals surface area contributed by atoms with Gasteiger partial charge in [-0.05, 0) is 25.3 Å². The molecule has 0 radical (unpaired) electrons. The highest BCUT2D eigenvalue weighted by molar-refractivity contribution is 5.97. The lowest BCUT2D eigenvalue weighted by atomic mass is 9.95. The first-order chi connectivity index (χ1) is 7.24. The normalized spacial score (nSPS) is 18.9. The smallest absolute Gasteiger partial charge is 0.156 e. The van der Waals surface area contributed by atoms with E-state index in [0.717, 1.165) is 23.1 Å². The van der Waals surface area contributed by atoms with E-state index >= 15 is 0 Å². The van der Waals surface area contributed by atoms with Crippen LogP contribution >= 0.6 is 0 Å². The van der Waals surface area contributed by atoms with Gasteiger partial charge in [-0.3, -0.25) is 4.79 Å². The van der Waals surface area contributed by atoms with Gasteiger partial charge in [0, 0.05) is 11.1 Å². The molecule has 0 aromatic carbocycles. The van der Waals surface area contributed by atoms with Crippen LogP contribution in [0.2, 0.25) is 0 Å². The molecule has 2 heteroatoms. The van der Waals surface area contributed by atoms with Crippen LogP contribution in [0.15, 0.2) is 46.6 Å². The van der Waals surface area contributed by atoms with E-state index in [9.17, 15) is 4.79 Å². The van der Waals surface area contributed by atoms with Crippen molar-refractivity contribution in [1.82, 2.24) is 0 Å². The molecule has 0 amide bonds. The van der Waals surface area contributed by atoms with Gasteiger partial charge in [0.1, 0.15) is 0 Å². The first kappa shape index (κ1) is 9.67. The molecule has 0 atom stereocenters. The van der Waals surface area contributed by atoms with E-state index in [1.807, 2.05) is 24.3 Å². The molecule has 0 bridgehead atoms. The number of rotatable bonds is 2. The van der Waals surface area contributed by atoms with E-state index in [2.05, 4.69) is 6.07 Å². The van der Waals surface area contributed by atoms with E-state index in [1.54, 1.807) is 6.92 Å². The van der Waals surface area contributed by atoms with Gasteiger partial charge in [0.15, 0.2) is 5.78 Å². The van der Waals surface area contributed by atoms with Gasteiger partial charge in [-0.15, -0.1) is 0 Å². The molecular formula is C13H11NO. The third-order valence-corrected chi connectivity index (χ3v) is 2.72. The van der Waals surface area contributed by atoms with Gasteiger partial charge in [0.2, 0.25) is 0 Å².